The average molecular weight is 357 g/mol. The summed E-state index contributed by atoms with van der Waals surface area (Å²) in [6.07, 6.45) is -0.796. The summed E-state index contributed by atoms with van der Waals surface area (Å²) in [6, 6.07) is 13.4. The molecule has 0 bridgehead atoms. The molecule has 1 unspecified atom stereocenters. The Kier molecular flexibility index (Phi) is 4.02. The summed E-state index contributed by atoms with van der Waals surface area (Å²) in [7, 11) is 0. The topological polar surface area (TPSA) is 73.3 Å². The molecule has 1 amide bonds. The molecule has 0 radical (unpaired) electrons. The number of hydrogen-bond donors (Lipinski definition) is 1. The SMILES string of the molecule is O=C(Nc1nnc(-c2ccccc2F)s1)C1COc2ccccc2O1. The number of nitrogens with zero attached hydrogens (tertiary/aromatic N) is 2. The van der Waals surface area contributed by atoms with Gasteiger partial charge in [0.05, 0.1) is 0 Å². The summed E-state index contributed by atoms with van der Waals surface area (Å²) in [6.45, 7) is 0.0990. The molecule has 0 saturated heterocycles. The van der Waals surface area contributed by atoms with Gasteiger partial charge in [-0.25, -0.2) is 4.39 Å². The monoisotopic (exact) mass is 357 g/mol. The van der Waals surface area contributed by atoms with Gasteiger partial charge in [-0.1, -0.05) is 35.6 Å². The molecule has 0 aliphatic carbocycles. The van der Waals surface area contributed by atoms with Gasteiger partial charge in [-0.2, -0.15) is 0 Å². The van der Waals surface area contributed by atoms with Crippen LogP contribution < -0.4 is 14.8 Å². The third kappa shape index (κ3) is 3.16. The molecule has 0 saturated carbocycles. The second kappa shape index (κ2) is 6.48. The van der Waals surface area contributed by atoms with Gasteiger partial charge in [0, 0.05) is 5.56 Å². The molecule has 2 heterocycles. The van der Waals surface area contributed by atoms with E-state index in [-0.39, 0.29) is 11.7 Å². The van der Waals surface area contributed by atoms with Crippen molar-refractivity contribution in [2.45, 2.75) is 6.10 Å². The average Bonchev–Trinajstić information content (AvgIpc) is 3.10. The molecular formula is C17H12FN3O3S. The number of fused-ring (bicyclic) bond motifs is 1. The molecule has 1 atom stereocenters. The fraction of sp³-hybridized carbons (Fsp3) is 0.118. The van der Waals surface area contributed by atoms with Crippen LogP contribution in [0.15, 0.2) is 48.5 Å². The molecular weight excluding hydrogens is 345 g/mol. The Morgan fingerprint density at radius 2 is 1.88 bits per heavy atom. The van der Waals surface area contributed by atoms with Crippen LogP contribution in [0.3, 0.4) is 0 Å². The summed E-state index contributed by atoms with van der Waals surface area (Å²) in [5.74, 6) is 0.324. The lowest BCUT2D eigenvalue weighted by molar-refractivity contribution is -0.125. The van der Waals surface area contributed by atoms with Gasteiger partial charge in [0.15, 0.2) is 16.5 Å². The molecule has 6 nitrogen and oxygen atoms in total. The van der Waals surface area contributed by atoms with Gasteiger partial charge in [-0.05, 0) is 24.3 Å². The Hall–Kier alpha value is -3.00. The molecule has 2 aromatic carbocycles. The van der Waals surface area contributed by atoms with Gasteiger partial charge < -0.3 is 9.47 Å². The highest BCUT2D eigenvalue weighted by Gasteiger charge is 2.28. The zero-order valence-corrected chi connectivity index (χ0v) is 13.6. The van der Waals surface area contributed by atoms with Gasteiger partial charge in [-0.3, -0.25) is 10.1 Å². The third-order valence-electron chi connectivity index (χ3n) is 3.56. The van der Waals surface area contributed by atoms with Gasteiger partial charge in [0.2, 0.25) is 11.2 Å². The van der Waals surface area contributed by atoms with E-state index in [1.165, 1.54) is 6.07 Å². The number of aromatic nitrogens is 2. The molecule has 1 aliphatic rings. The smallest absolute Gasteiger partial charge is 0.270 e. The van der Waals surface area contributed by atoms with Gasteiger partial charge in [-0.15, -0.1) is 10.2 Å². The first-order chi connectivity index (χ1) is 12.2. The van der Waals surface area contributed by atoms with E-state index in [9.17, 15) is 9.18 Å². The summed E-state index contributed by atoms with van der Waals surface area (Å²) < 4.78 is 24.9. The van der Waals surface area contributed by atoms with Crippen LogP contribution >= 0.6 is 11.3 Å². The van der Waals surface area contributed by atoms with E-state index in [2.05, 4.69) is 15.5 Å². The highest BCUT2D eigenvalue weighted by atomic mass is 32.1. The predicted octanol–water partition coefficient (Wildman–Crippen LogP) is 3.12. The van der Waals surface area contributed by atoms with Crippen molar-refractivity contribution in [3.05, 3.63) is 54.3 Å². The Morgan fingerprint density at radius 1 is 1.12 bits per heavy atom. The summed E-state index contributed by atoms with van der Waals surface area (Å²) in [5.41, 5.74) is 0.340. The maximum absolute atomic E-state index is 13.8. The normalized spacial score (nSPS) is 15.6. The Labute approximate surface area is 146 Å². The second-order valence-corrected chi connectivity index (χ2v) is 6.22. The fourth-order valence-electron chi connectivity index (χ4n) is 2.35. The standard InChI is InChI=1S/C17H12FN3O3S/c18-11-6-2-1-5-10(11)16-20-21-17(25-16)19-15(22)14-9-23-12-7-3-4-8-13(12)24-14/h1-8,14H,9H2,(H,19,21,22). The Bertz CT molecular complexity index is 931. The molecule has 3 aromatic rings. The zero-order valence-electron chi connectivity index (χ0n) is 12.8. The number of rotatable bonds is 3. The van der Waals surface area contributed by atoms with Crippen molar-refractivity contribution in [1.82, 2.24) is 10.2 Å². The van der Waals surface area contributed by atoms with Crippen molar-refractivity contribution in [3.8, 4) is 22.1 Å². The van der Waals surface area contributed by atoms with Crippen LogP contribution in [-0.2, 0) is 4.79 Å². The lowest BCUT2D eigenvalue weighted by atomic mass is 10.2. The van der Waals surface area contributed by atoms with Gasteiger partial charge >= 0.3 is 0 Å². The Morgan fingerprint density at radius 3 is 2.72 bits per heavy atom. The number of benzene rings is 2. The van der Waals surface area contributed by atoms with E-state index in [1.54, 1.807) is 36.4 Å². The highest BCUT2D eigenvalue weighted by Crippen LogP contribution is 2.32. The molecule has 4 rings (SSSR count). The molecule has 1 N–H and O–H groups in total. The minimum absolute atomic E-state index is 0.0990. The Balaban J connectivity index is 1.47. The van der Waals surface area contributed by atoms with Crippen LogP contribution in [-0.4, -0.2) is 28.8 Å². The van der Waals surface area contributed by atoms with E-state index >= 15 is 0 Å². The van der Waals surface area contributed by atoms with Crippen molar-refractivity contribution >= 4 is 22.4 Å². The first-order valence-corrected chi connectivity index (χ1v) is 8.30. The quantitative estimate of drug-likeness (QED) is 0.780. The number of nitrogens with one attached hydrogen (secondary N) is 1. The summed E-state index contributed by atoms with van der Waals surface area (Å²) >= 11 is 1.09. The number of carbonyl (C=O) groups excluding carboxylic acids is 1. The molecule has 126 valence electrons. The van der Waals surface area contributed by atoms with Crippen molar-refractivity contribution in [2.24, 2.45) is 0 Å². The van der Waals surface area contributed by atoms with E-state index in [0.29, 0.717) is 22.1 Å². The second-order valence-electron chi connectivity index (χ2n) is 5.25. The van der Waals surface area contributed by atoms with Crippen molar-refractivity contribution in [2.75, 3.05) is 11.9 Å². The predicted molar refractivity (Wildman–Crippen MR) is 90.3 cm³/mol. The van der Waals surface area contributed by atoms with E-state index in [1.807, 2.05) is 6.07 Å². The minimum Gasteiger partial charge on any atom is -0.485 e. The maximum atomic E-state index is 13.8. The van der Waals surface area contributed by atoms with E-state index in [0.717, 1.165) is 11.3 Å². The molecule has 1 aliphatic heterocycles. The molecule has 25 heavy (non-hydrogen) atoms. The lowest BCUT2D eigenvalue weighted by Crippen LogP contribution is -2.40. The fourth-order valence-corrected chi connectivity index (χ4v) is 3.13. The zero-order chi connectivity index (χ0) is 17.2. The van der Waals surface area contributed by atoms with Crippen LogP contribution in [0.25, 0.3) is 10.6 Å². The van der Waals surface area contributed by atoms with Gasteiger partial charge in [0.25, 0.3) is 5.91 Å². The first-order valence-electron chi connectivity index (χ1n) is 7.48. The molecule has 0 fully saturated rings. The largest absolute Gasteiger partial charge is 0.485 e. The van der Waals surface area contributed by atoms with Crippen LogP contribution in [0.4, 0.5) is 9.52 Å². The van der Waals surface area contributed by atoms with Crippen LogP contribution in [0.2, 0.25) is 0 Å². The number of hydrogen-bond acceptors (Lipinski definition) is 6. The van der Waals surface area contributed by atoms with Crippen LogP contribution in [0.5, 0.6) is 11.5 Å². The van der Waals surface area contributed by atoms with Crippen LogP contribution in [0, 0.1) is 5.82 Å². The molecule has 8 heteroatoms. The number of carbonyl (C=O) groups is 1. The lowest BCUT2D eigenvalue weighted by Gasteiger charge is -2.25. The molecule has 1 aromatic heterocycles. The minimum atomic E-state index is -0.796. The number of anilines is 1. The van der Waals surface area contributed by atoms with E-state index < -0.39 is 17.8 Å². The van der Waals surface area contributed by atoms with Gasteiger partial charge in [0.1, 0.15) is 12.4 Å². The van der Waals surface area contributed by atoms with Crippen molar-refractivity contribution in [3.63, 3.8) is 0 Å². The van der Waals surface area contributed by atoms with Crippen LogP contribution in [0.1, 0.15) is 0 Å². The first kappa shape index (κ1) is 15.5. The number of ether oxygens (including phenoxy) is 2. The summed E-state index contributed by atoms with van der Waals surface area (Å²) in [5, 5.41) is 11.1. The number of halogens is 1. The summed E-state index contributed by atoms with van der Waals surface area (Å²) in [4.78, 5) is 12.3. The number of amides is 1. The highest BCUT2D eigenvalue weighted by molar-refractivity contribution is 7.18. The maximum Gasteiger partial charge on any atom is 0.270 e. The van der Waals surface area contributed by atoms with Crippen molar-refractivity contribution < 1.29 is 18.7 Å². The van der Waals surface area contributed by atoms with E-state index in [4.69, 9.17) is 9.47 Å². The molecule has 0 spiro atoms. The number of para-hydroxylation sites is 2. The third-order valence-corrected chi connectivity index (χ3v) is 4.43. The van der Waals surface area contributed by atoms with Crippen molar-refractivity contribution in [1.29, 1.82) is 0 Å².